The van der Waals surface area contributed by atoms with Gasteiger partial charge in [0.1, 0.15) is 0 Å². The van der Waals surface area contributed by atoms with Gasteiger partial charge in [-0.15, -0.1) is 0 Å². The lowest BCUT2D eigenvalue weighted by molar-refractivity contribution is 0.102. The average Bonchev–Trinajstić information content (AvgIpc) is 2.71. The minimum Gasteiger partial charge on any atom is -0.322 e. The van der Waals surface area contributed by atoms with Crippen LogP contribution in [0.25, 0.3) is 0 Å². The van der Waals surface area contributed by atoms with E-state index in [4.69, 9.17) is 0 Å². The van der Waals surface area contributed by atoms with Gasteiger partial charge in [-0.25, -0.2) is 13.1 Å². The molecule has 0 saturated carbocycles. The molecular formula is C21H27N3O3S2. The monoisotopic (exact) mass is 433 g/mol. The van der Waals surface area contributed by atoms with Crippen molar-refractivity contribution in [2.24, 2.45) is 0 Å². The van der Waals surface area contributed by atoms with Crippen LogP contribution in [0.4, 0.5) is 5.69 Å². The number of nitrogens with zero attached hydrogens (tertiary/aromatic N) is 1. The van der Waals surface area contributed by atoms with E-state index < -0.39 is 10.0 Å². The summed E-state index contributed by atoms with van der Waals surface area (Å²) >= 11 is 2.00. The Hall–Kier alpha value is -1.87. The zero-order valence-electron chi connectivity index (χ0n) is 16.8. The van der Waals surface area contributed by atoms with Crippen LogP contribution < -0.4 is 10.0 Å². The first-order valence-electron chi connectivity index (χ1n) is 9.70. The number of benzene rings is 2. The zero-order chi connectivity index (χ0) is 20.9. The maximum absolute atomic E-state index is 12.6. The van der Waals surface area contributed by atoms with Crippen molar-refractivity contribution in [3.63, 3.8) is 0 Å². The third kappa shape index (κ3) is 5.82. The molecule has 0 unspecified atom stereocenters. The fourth-order valence-electron chi connectivity index (χ4n) is 3.24. The SMILES string of the molecule is CCNS(=O)(=O)c1ccc(C(=O)Nc2ccc(CN3CCSCC3)cc2C)cc1. The molecule has 0 radical (unpaired) electrons. The van der Waals surface area contributed by atoms with Crippen molar-refractivity contribution in [1.29, 1.82) is 0 Å². The summed E-state index contributed by atoms with van der Waals surface area (Å²) in [5.41, 5.74) is 3.42. The molecule has 1 aliphatic rings. The quantitative estimate of drug-likeness (QED) is 0.702. The summed E-state index contributed by atoms with van der Waals surface area (Å²) in [6.07, 6.45) is 0. The van der Waals surface area contributed by atoms with Gasteiger partial charge in [0.2, 0.25) is 10.0 Å². The van der Waals surface area contributed by atoms with Crippen LogP contribution in [-0.2, 0) is 16.6 Å². The lowest BCUT2D eigenvalue weighted by Crippen LogP contribution is -2.31. The van der Waals surface area contributed by atoms with E-state index in [1.807, 2.05) is 24.8 Å². The van der Waals surface area contributed by atoms with E-state index in [1.54, 1.807) is 6.92 Å². The van der Waals surface area contributed by atoms with Crippen molar-refractivity contribution in [3.05, 3.63) is 59.2 Å². The number of amides is 1. The Bertz CT molecular complexity index is 954. The molecule has 1 fully saturated rings. The third-order valence-corrected chi connectivity index (χ3v) is 7.31. The van der Waals surface area contributed by atoms with Crippen LogP contribution in [0, 0.1) is 6.92 Å². The van der Waals surface area contributed by atoms with Crippen molar-refractivity contribution in [2.75, 3.05) is 36.5 Å². The first-order valence-corrected chi connectivity index (χ1v) is 12.3. The number of rotatable bonds is 7. The van der Waals surface area contributed by atoms with E-state index in [1.165, 1.54) is 41.3 Å². The van der Waals surface area contributed by atoms with Gasteiger partial charge in [0.15, 0.2) is 0 Å². The molecule has 0 atom stereocenters. The summed E-state index contributed by atoms with van der Waals surface area (Å²) in [5, 5.41) is 2.92. The van der Waals surface area contributed by atoms with Gasteiger partial charge in [-0.2, -0.15) is 11.8 Å². The van der Waals surface area contributed by atoms with Crippen LogP contribution >= 0.6 is 11.8 Å². The summed E-state index contributed by atoms with van der Waals surface area (Å²) in [6.45, 7) is 7.17. The van der Waals surface area contributed by atoms with Gasteiger partial charge in [0, 0.05) is 48.9 Å². The second-order valence-corrected chi connectivity index (χ2v) is 10.0. The molecule has 0 bridgehead atoms. The normalized spacial score (nSPS) is 15.2. The molecular weight excluding hydrogens is 406 g/mol. The summed E-state index contributed by atoms with van der Waals surface area (Å²) in [6, 6.07) is 12.0. The Morgan fingerprint density at radius 3 is 2.41 bits per heavy atom. The molecule has 1 saturated heterocycles. The molecule has 6 nitrogen and oxygen atoms in total. The zero-order valence-corrected chi connectivity index (χ0v) is 18.4. The molecule has 2 N–H and O–H groups in total. The average molecular weight is 434 g/mol. The van der Waals surface area contributed by atoms with Crippen molar-refractivity contribution in [3.8, 4) is 0 Å². The maximum atomic E-state index is 12.6. The van der Waals surface area contributed by atoms with Gasteiger partial charge >= 0.3 is 0 Å². The molecule has 2 aromatic rings. The van der Waals surface area contributed by atoms with Gasteiger partial charge in [-0.3, -0.25) is 9.69 Å². The molecule has 0 aromatic heterocycles. The number of hydrogen-bond acceptors (Lipinski definition) is 5. The molecule has 8 heteroatoms. The second kappa shape index (κ2) is 9.75. The highest BCUT2D eigenvalue weighted by molar-refractivity contribution is 7.99. The van der Waals surface area contributed by atoms with Crippen LogP contribution in [0.3, 0.4) is 0 Å². The Morgan fingerprint density at radius 1 is 1.10 bits per heavy atom. The largest absolute Gasteiger partial charge is 0.322 e. The summed E-state index contributed by atoms with van der Waals surface area (Å²) in [7, 11) is -3.52. The van der Waals surface area contributed by atoms with Gasteiger partial charge in [-0.05, 0) is 48.4 Å². The van der Waals surface area contributed by atoms with E-state index >= 15 is 0 Å². The van der Waals surface area contributed by atoms with E-state index in [0.717, 1.165) is 30.9 Å². The number of thioether (sulfide) groups is 1. The summed E-state index contributed by atoms with van der Waals surface area (Å²) in [5.74, 6) is 2.10. The predicted molar refractivity (Wildman–Crippen MR) is 119 cm³/mol. The number of aryl methyl sites for hydroxylation is 1. The Labute approximate surface area is 177 Å². The van der Waals surface area contributed by atoms with Crippen LogP contribution in [0.5, 0.6) is 0 Å². The molecule has 29 heavy (non-hydrogen) atoms. The van der Waals surface area contributed by atoms with E-state index in [0.29, 0.717) is 12.1 Å². The van der Waals surface area contributed by atoms with Gasteiger partial charge in [0.25, 0.3) is 5.91 Å². The Kier molecular flexibility index (Phi) is 7.34. The van der Waals surface area contributed by atoms with Crippen molar-refractivity contribution < 1.29 is 13.2 Å². The number of nitrogens with one attached hydrogen (secondary N) is 2. The molecule has 2 aromatic carbocycles. The molecule has 1 heterocycles. The lowest BCUT2D eigenvalue weighted by atomic mass is 10.1. The van der Waals surface area contributed by atoms with Gasteiger partial charge in [0.05, 0.1) is 4.90 Å². The highest BCUT2D eigenvalue weighted by Crippen LogP contribution is 2.20. The first-order chi connectivity index (χ1) is 13.9. The van der Waals surface area contributed by atoms with Crippen LogP contribution in [0.1, 0.15) is 28.4 Å². The molecule has 156 valence electrons. The van der Waals surface area contributed by atoms with Crippen molar-refractivity contribution in [2.45, 2.75) is 25.3 Å². The summed E-state index contributed by atoms with van der Waals surface area (Å²) < 4.78 is 26.5. The van der Waals surface area contributed by atoms with Gasteiger partial charge in [-0.1, -0.05) is 19.1 Å². The molecule has 1 amide bonds. The molecule has 3 rings (SSSR count). The Balaban J connectivity index is 1.65. The maximum Gasteiger partial charge on any atom is 0.255 e. The van der Waals surface area contributed by atoms with Crippen LogP contribution in [0.2, 0.25) is 0 Å². The first kappa shape index (κ1) is 21.8. The third-order valence-electron chi connectivity index (χ3n) is 4.81. The highest BCUT2D eigenvalue weighted by Gasteiger charge is 2.15. The minimum atomic E-state index is -3.52. The van der Waals surface area contributed by atoms with Gasteiger partial charge < -0.3 is 5.32 Å². The minimum absolute atomic E-state index is 0.146. The Morgan fingerprint density at radius 2 is 1.79 bits per heavy atom. The molecule has 0 spiro atoms. The number of hydrogen-bond donors (Lipinski definition) is 2. The fourth-order valence-corrected chi connectivity index (χ4v) is 5.25. The predicted octanol–water partition coefficient (Wildman–Crippen LogP) is 3.09. The smallest absolute Gasteiger partial charge is 0.255 e. The van der Waals surface area contributed by atoms with E-state index in [-0.39, 0.29) is 10.8 Å². The van der Waals surface area contributed by atoms with E-state index in [2.05, 4.69) is 27.1 Å². The highest BCUT2D eigenvalue weighted by atomic mass is 32.2. The van der Waals surface area contributed by atoms with Crippen LogP contribution in [0.15, 0.2) is 47.4 Å². The molecule has 1 aliphatic heterocycles. The molecule has 0 aliphatic carbocycles. The number of carbonyl (C=O) groups excluding carboxylic acids is 1. The van der Waals surface area contributed by atoms with Crippen LogP contribution in [-0.4, -0.2) is 50.4 Å². The lowest BCUT2D eigenvalue weighted by Gasteiger charge is -2.26. The number of anilines is 1. The number of carbonyl (C=O) groups is 1. The van der Waals surface area contributed by atoms with E-state index in [9.17, 15) is 13.2 Å². The number of sulfonamides is 1. The van der Waals surface area contributed by atoms with Crippen molar-refractivity contribution >= 4 is 33.4 Å². The fraction of sp³-hybridized carbons (Fsp3) is 0.381. The second-order valence-electron chi connectivity index (χ2n) is 7.02. The standard InChI is InChI=1S/C21H27N3O3S2/c1-3-22-29(26,27)19-7-5-18(6-8-19)21(25)23-20-9-4-17(14-16(20)2)15-24-10-12-28-13-11-24/h4-9,14,22H,3,10-13,15H2,1-2H3,(H,23,25). The van der Waals surface area contributed by atoms with Crippen molar-refractivity contribution in [1.82, 2.24) is 9.62 Å². The summed E-state index contributed by atoms with van der Waals surface area (Å²) in [4.78, 5) is 15.2. The topological polar surface area (TPSA) is 78.5 Å².